The Hall–Kier alpha value is -2.75. The minimum absolute atomic E-state index is 0.0463. The largest absolute Gasteiger partial charge is 0.484 e. The molecule has 1 aromatic carbocycles. The third kappa shape index (κ3) is 4.94. The van der Waals surface area contributed by atoms with Gasteiger partial charge in [0, 0.05) is 19.2 Å². The first-order chi connectivity index (χ1) is 13.4. The van der Waals surface area contributed by atoms with Crippen LogP contribution in [0.15, 0.2) is 35.1 Å². The summed E-state index contributed by atoms with van der Waals surface area (Å²) in [6, 6.07) is 7.19. The van der Waals surface area contributed by atoms with Crippen molar-refractivity contribution >= 4 is 5.82 Å². The molecule has 28 heavy (non-hydrogen) atoms. The fourth-order valence-corrected chi connectivity index (χ4v) is 2.72. The standard InChI is InChI=1S/C18H20F3N3O4/c1-2-27-17-22-15(23-7-9-26-10-8-23)11-16(25)24(17)13-3-5-14(6-4-13)28-12-18(19,20)21/h3-6,11H,2,7-10,12H2,1H3. The third-order valence-electron chi connectivity index (χ3n) is 3.98. The molecule has 1 fully saturated rings. The van der Waals surface area contributed by atoms with Crippen LogP contribution in [-0.4, -0.2) is 55.2 Å². The molecule has 0 spiro atoms. The smallest absolute Gasteiger partial charge is 0.422 e. The highest BCUT2D eigenvalue weighted by atomic mass is 19.4. The van der Waals surface area contributed by atoms with Crippen LogP contribution >= 0.6 is 0 Å². The van der Waals surface area contributed by atoms with Crippen molar-refractivity contribution in [1.82, 2.24) is 9.55 Å². The molecule has 0 saturated carbocycles. The molecular weight excluding hydrogens is 379 g/mol. The van der Waals surface area contributed by atoms with Gasteiger partial charge in [-0.15, -0.1) is 0 Å². The van der Waals surface area contributed by atoms with Gasteiger partial charge in [-0.05, 0) is 31.2 Å². The van der Waals surface area contributed by atoms with Gasteiger partial charge in [0.2, 0.25) is 0 Å². The van der Waals surface area contributed by atoms with Crippen LogP contribution in [0.25, 0.3) is 5.69 Å². The minimum Gasteiger partial charge on any atom is -0.484 e. The molecule has 0 radical (unpaired) electrons. The zero-order valence-electron chi connectivity index (χ0n) is 15.2. The molecule has 1 aliphatic rings. The molecule has 2 aromatic rings. The van der Waals surface area contributed by atoms with Crippen molar-refractivity contribution in [3.63, 3.8) is 0 Å². The monoisotopic (exact) mass is 399 g/mol. The van der Waals surface area contributed by atoms with Gasteiger partial charge in [0.05, 0.1) is 25.5 Å². The SMILES string of the molecule is CCOc1nc(N2CCOCC2)cc(=O)n1-c1ccc(OCC(F)(F)F)cc1. The molecule has 0 atom stereocenters. The Bertz CT molecular complexity index is 847. The fraction of sp³-hybridized carbons (Fsp3) is 0.444. The van der Waals surface area contributed by atoms with E-state index in [4.69, 9.17) is 9.47 Å². The van der Waals surface area contributed by atoms with Crippen LogP contribution in [-0.2, 0) is 4.74 Å². The summed E-state index contributed by atoms with van der Waals surface area (Å²) in [6.07, 6.45) is -4.42. The molecule has 0 aliphatic carbocycles. The number of hydrogen-bond acceptors (Lipinski definition) is 6. The zero-order chi connectivity index (χ0) is 20.1. The molecular formula is C18H20F3N3O4. The Morgan fingerprint density at radius 2 is 1.82 bits per heavy atom. The van der Waals surface area contributed by atoms with Crippen molar-refractivity contribution < 1.29 is 27.4 Å². The van der Waals surface area contributed by atoms with Crippen LogP contribution in [0.2, 0.25) is 0 Å². The molecule has 1 aliphatic heterocycles. The van der Waals surface area contributed by atoms with Gasteiger partial charge < -0.3 is 19.1 Å². The predicted octanol–water partition coefficient (Wildman–Crippen LogP) is 2.41. The van der Waals surface area contributed by atoms with E-state index in [1.807, 2.05) is 4.90 Å². The Labute approximate surface area is 159 Å². The van der Waals surface area contributed by atoms with Gasteiger partial charge >= 0.3 is 12.2 Å². The lowest BCUT2D eigenvalue weighted by Gasteiger charge is -2.28. The van der Waals surface area contributed by atoms with Crippen molar-refractivity contribution in [2.24, 2.45) is 0 Å². The maximum Gasteiger partial charge on any atom is 0.422 e. The fourth-order valence-electron chi connectivity index (χ4n) is 2.72. The van der Waals surface area contributed by atoms with Crippen LogP contribution < -0.4 is 19.9 Å². The quantitative estimate of drug-likeness (QED) is 0.743. The Morgan fingerprint density at radius 1 is 1.14 bits per heavy atom. The second-order valence-electron chi connectivity index (χ2n) is 6.00. The lowest BCUT2D eigenvalue weighted by Crippen LogP contribution is -2.38. The van der Waals surface area contributed by atoms with Crippen molar-refractivity contribution in [2.45, 2.75) is 13.1 Å². The summed E-state index contributed by atoms with van der Waals surface area (Å²) in [6.45, 7) is 3.02. The van der Waals surface area contributed by atoms with Gasteiger partial charge in [0.15, 0.2) is 6.61 Å². The van der Waals surface area contributed by atoms with Crippen LogP contribution in [0.5, 0.6) is 11.8 Å². The maximum absolute atomic E-state index is 12.7. The van der Waals surface area contributed by atoms with Crippen LogP contribution in [0, 0.1) is 0 Å². The number of ether oxygens (including phenoxy) is 3. The van der Waals surface area contributed by atoms with E-state index in [-0.39, 0.29) is 17.3 Å². The number of nitrogens with zero attached hydrogens (tertiary/aromatic N) is 3. The molecule has 0 amide bonds. The predicted molar refractivity (Wildman–Crippen MR) is 95.6 cm³/mol. The van der Waals surface area contributed by atoms with Crippen molar-refractivity contribution in [3.8, 4) is 17.4 Å². The highest BCUT2D eigenvalue weighted by Crippen LogP contribution is 2.22. The van der Waals surface area contributed by atoms with E-state index in [1.54, 1.807) is 6.92 Å². The van der Waals surface area contributed by atoms with Gasteiger partial charge in [0.25, 0.3) is 5.56 Å². The van der Waals surface area contributed by atoms with E-state index in [1.165, 1.54) is 34.9 Å². The van der Waals surface area contributed by atoms with E-state index in [9.17, 15) is 18.0 Å². The van der Waals surface area contributed by atoms with E-state index < -0.39 is 12.8 Å². The first kappa shape index (κ1) is 20.0. The lowest BCUT2D eigenvalue weighted by molar-refractivity contribution is -0.153. The van der Waals surface area contributed by atoms with Crippen molar-refractivity contribution in [2.75, 3.05) is 44.4 Å². The van der Waals surface area contributed by atoms with Gasteiger partial charge in [-0.1, -0.05) is 0 Å². The summed E-state index contributed by atoms with van der Waals surface area (Å²) in [5, 5.41) is 0. The number of alkyl halides is 3. The summed E-state index contributed by atoms with van der Waals surface area (Å²) in [5.41, 5.74) is 0.0535. The summed E-state index contributed by atoms with van der Waals surface area (Å²) in [5.74, 6) is 0.545. The van der Waals surface area contributed by atoms with E-state index in [0.717, 1.165) is 0 Å². The number of anilines is 1. The topological polar surface area (TPSA) is 65.8 Å². The Kier molecular flexibility index (Phi) is 6.08. The van der Waals surface area contributed by atoms with E-state index in [0.29, 0.717) is 44.4 Å². The zero-order valence-corrected chi connectivity index (χ0v) is 15.2. The van der Waals surface area contributed by atoms with Crippen LogP contribution in [0.4, 0.5) is 19.0 Å². The number of halogens is 3. The second-order valence-corrected chi connectivity index (χ2v) is 6.00. The average molecular weight is 399 g/mol. The van der Waals surface area contributed by atoms with Crippen molar-refractivity contribution in [3.05, 3.63) is 40.7 Å². The molecule has 2 heterocycles. The second kappa shape index (κ2) is 8.51. The number of benzene rings is 1. The Morgan fingerprint density at radius 3 is 2.43 bits per heavy atom. The summed E-state index contributed by atoms with van der Waals surface area (Å²) in [4.78, 5) is 19.1. The molecule has 1 aromatic heterocycles. The average Bonchev–Trinajstić information content (AvgIpc) is 2.67. The van der Waals surface area contributed by atoms with E-state index in [2.05, 4.69) is 9.72 Å². The summed E-state index contributed by atoms with van der Waals surface area (Å²) in [7, 11) is 0. The molecule has 152 valence electrons. The third-order valence-corrected chi connectivity index (χ3v) is 3.98. The maximum atomic E-state index is 12.7. The normalized spacial score (nSPS) is 14.8. The summed E-state index contributed by atoms with van der Waals surface area (Å²) >= 11 is 0. The first-order valence-corrected chi connectivity index (χ1v) is 8.77. The Balaban J connectivity index is 1.88. The van der Waals surface area contributed by atoms with Gasteiger partial charge in [-0.3, -0.25) is 4.79 Å². The highest BCUT2D eigenvalue weighted by molar-refractivity contribution is 5.44. The minimum atomic E-state index is -4.42. The van der Waals surface area contributed by atoms with Crippen molar-refractivity contribution in [1.29, 1.82) is 0 Å². The number of hydrogen-bond donors (Lipinski definition) is 0. The number of aromatic nitrogens is 2. The van der Waals surface area contributed by atoms with Crippen LogP contribution in [0.1, 0.15) is 6.92 Å². The molecule has 1 saturated heterocycles. The number of rotatable bonds is 6. The summed E-state index contributed by atoms with van der Waals surface area (Å²) < 4.78 is 53.6. The van der Waals surface area contributed by atoms with Crippen LogP contribution in [0.3, 0.4) is 0 Å². The molecule has 0 unspecified atom stereocenters. The molecule has 0 bridgehead atoms. The van der Waals surface area contributed by atoms with Gasteiger partial charge in [-0.25, -0.2) is 4.57 Å². The van der Waals surface area contributed by atoms with Gasteiger partial charge in [0.1, 0.15) is 11.6 Å². The highest BCUT2D eigenvalue weighted by Gasteiger charge is 2.28. The molecule has 10 heteroatoms. The number of morpholine rings is 1. The molecule has 3 rings (SSSR count). The molecule has 7 nitrogen and oxygen atoms in total. The first-order valence-electron chi connectivity index (χ1n) is 8.77. The molecule has 0 N–H and O–H groups in total. The lowest BCUT2D eigenvalue weighted by atomic mass is 10.3. The van der Waals surface area contributed by atoms with Gasteiger partial charge in [-0.2, -0.15) is 18.2 Å². The van der Waals surface area contributed by atoms with E-state index >= 15 is 0 Å².